The van der Waals surface area contributed by atoms with Gasteiger partial charge in [-0.05, 0) is 37.5 Å². The molecular formula is C15H20BrNO. The van der Waals surface area contributed by atoms with Gasteiger partial charge >= 0.3 is 0 Å². The van der Waals surface area contributed by atoms with E-state index in [1.165, 1.54) is 19.3 Å². The van der Waals surface area contributed by atoms with E-state index in [0.717, 1.165) is 22.9 Å². The predicted molar refractivity (Wildman–Crippen MR) is 77.3 cm³/mol. The van der Waals surface area contributed by atoms with Crippen LogP contribution in [-0.4, -0.2) is 5.91 Å². The van der Waals surface area contributed by atoms with Crippen molar-refractivity contribution in [1.82, 2.24) is 5.32 Å². The number of hydrogen-bond acceptors (Lipinski definition) is 1. The van der Waals surface area contributed by atoms with Crippen molar-refractivity contribution in [3.05, 3.63) is 34.3 Å². The molecule has 1 aliphatic carbocycles. The molecule has 98 valence electrons. The van der Waals surface area contributed by atoms with E-state index in [0.29, 0.717) is 0 Å². The smallest absolute Gasteiger partial charge is 0.223 e. The molecule has 1 amide bonds. The van der Waals surface area contributed by atoms with Gasteiger partial charge in [-0.2, -0.15) is 0 Å². The molecular weight excluding hydrogens is 290 g/mol. The molecule has 3 heteroatoms. The van der Waals surface area contributed by atoms with Gasteiger partial charge in [0.2, 0.25) is 5.91 Å². The zero-order valence-electron chi connectivity index (χ0n) is 10.8. The van der Waals surface area contributed by atoms with Crippen LogP contribution in [-0.2, 0) is 4.79 Å². The van der Waals surface area contributed by atoms with Gasteiger partial charge in [-0.15, -0.1) is 0 Å². The van der Waals surface area contributed by atoms with E-state index >= 15 is 0 Å². The average molecular weight is 310 g/mol. The third-order valence-electron chi connectivity index (χ3n) is 3.70. The number of nitrogens with one attached hydrogen (secondary N) is 1. The van der Waals surface area contributed by atoms with Crippen LogP contribution in [0, 0.1) is 5.92 Å². The Morgan fingerprint density at radius 1 is 1.22 bits per heavy atom. The first-order chi connectivity index (χ1) is 8.66. The molecule has 18 heavy (non-hydrogen) atoms. The molecule has 2 rings (SSSR count). The first-order valence-corrected chi connectivity index (χ1v) is 7.52. The lowest BCUT2D eigenvalue weighted by Gasteiger charge is -2.23. The van der Waals surface area contributed by atoms with E-state index in [1.807, 2.05) is 19.1 Å². The molecule has 1 atom stereocenters. The zero-order valence-corrected chi connectivity index (χ0v) is 12.4. The minimum atomic E-state index is 0.0903. The van der Waals surface area contributed by atoms with Gasteiger partial charge in [0.1, 0.15) is 0 Å². The summed E-state index contributed by atoms with van der Waals surface area (Å²) in [5.41, 5.74) is 1.15. The third-order valence-corrected chi connectivity index (χ3v) is 4.23. The summed E-state index contributed by atoms with van der Waals surface area (Å²) in [6.07, 6.45) is 5.79. The molecule has 1 aromatic carbocycles. The molecule has 1 aromatic rings. The highest BCUT2D eigenvalue weighted by molar-refractivity contribution is 9.10. The second-order valence-electron chi connectivity index (χ2n) is 5.12. The number of benzene rings is 1. The Morgan fingerprint density at radius 2 is 1.83 bits per heavy atom. The first kappa shape index (κ1) is 13.6. The molecule has 0 aromatic heterocycles. The maximum Gasteiger partial charge on any atom is 0.223 e. The summed E-state index contributed by atoms with van der Waals surface area (Å²) in [6, 6.07) is 8.22. The van der Waals surface area contributed by atoms with Crippen LogP contribution >= 0.6 is 15.9 Å². The SMILES string of the molecule is C[C@H](NC(=O)C1CCCCC1)c1ccc(Br)cc1. The predicted octanol–water partition coefficient (Wildman–Crippen LogP) is 4.21. The summed E-state index contributed by atoms with van der Waals surface area (Å²) in [5.74, 6) is 0.460. The van der Waals surface area contributed by atoms with Crippen molar-refractivity contribution in [2.24, 2.45) is 5.92 Å². The second-order valence-corrected chi connectivity index (χ2v) is 6.03. The lowest BCUT2D eigenvalue weighted by molar-refractivity contribution is -0.126. The fourth-order valence-electron chi connectivity index (χ4n) is 2.53. The molecule has 0 bridgehead atoms. The van der Waals surface area contributed by atoms with Crippen molar-refractivity contribution < 1.29 is 4.79 Å². The van der Waals surface area contributed by atoms with Crippen LogP contribution in [0.1, 0.15) is 50.6 Å². The van der Waals surface area contributed by atoms with E-state index in [9.17, 15) is 4.79 Å². The average Bonchev–Trinajstić information content (AvgIpc) is 2.40. The molecule has 1 aliphatic rings. The summed E-state index contributed by atoms with van der Waals surface area (Å²) >= 11 is 3.42. The summed E-state index contributed by atoms with van der Waals surface area (Å²) in [6.45, 7) is 2.05. The Hall–Kier alpha value is -0.830. The molecule has 0 unspecified atom stereocenters. The Bertz CT molecular complexity index is 395. The second kappa shape index (κ2) is 6.37. The molecule has 0 spiro atoms. The number of carbonyl (C=O) groups is 1. The molecule has 1 saturated carbocycles. The fourth-order valence-corrected chi connectivity index (χ4v) is 2.80. The monoisotopic (exact) mass is 309 g/mol. The number of carbonyl (C=O) groups excluding carboxylic acids is 1. The first-order valence-electron chi connectivity index (χ1n) is 6.72. The Kier molecular flexibility index (Phi) is 4.81. The molecule has 0 aliphatic heterocycles. The number of amides is 1. The van der Waals surface area contributed by atoms with Gasteiger partial charge < -0.3 is 5.32 Å². The quantitative estimate of drug-likeness (QED) is 0.890. The summed E-state index contributed by atoms with van der Waals surface area (Å²) in [7, 11) is 0. The van der Waals surface area contributed by atoms with Crippen LogP contribution < -0.4 is 5.32 Å². The molecule has 1 N–H and O–H groups in total. The molecule has 0 saturated heterocycles. The van der Waals surface area contributed by atoms with Crippen LogP contribution in [0.4, 0.5) is 0 Å². The van der Waals surface area contributed by atoms with Gasteiger partial charge in [0, 0.05) is 10.4 Å². The number of halogens is 1. The van der Waals surface area contributed by atoms with Crippen molar-refractivity contribution in [3.63, 3.8) is 0 Å². The van der Waals surface area contributed by atoms with Crippen LogP contribution in [0.25, 0.3) is 0 Å². The van der Waals surface area contributed by atoms with Crippen molar-refractivity contribution in [3.8, 4) is 0 Å². The fraction of sp³-hybridized carbons (Fsp3) is 0.533. The van der Waals surface area contributed by atoms with E-state index in [1.54, 1.807) is 0 Å². The standard InChI is InChI=1S/C15H20BrNO/c1-11(12-7-9-14(16)10-8-12)17-15(18)13-5-3-2-4-6-13/h7-11,13H,2-6H2,1H3,(H,17,18)/t11-/m0/s1. The molecule has 1 fully saturated rings. The minimum Gasteiger partial charge on any atom is -0.349 e. The highest BCUT2D eigenvalue weighted by Gasteiger charge is 2.22. The van der Waals surface area contributed by atoms with Crippen LogP contribution in [0.15, 0.2) is 28.7 Å². The van der Waals surface area contributed by atoms with Crippen LogP contribution in [0.3, 0.4) is 0 Å². The molecule has 0 radical (unpaired) electrons. The minimum absolute atomic E-state index is 0.0903. The van der Waals surface area contributed by atoms with Gasteiger partial charge in [-0.25, -0.2) is 0 Å². The summed E-state index contributed by atoms with van der Waals surface area (Å²) in [4.78, 5) is 12.1. The number of hydrogen-bond donors (Lipinski definition) is 1. The van der Waals surface area contributed by atoms with Gasteiger partial charge in [0.15, 0.2) is 0 Å². The highest BCUT2D eigenvalue weighted by Crippen LogP contribution is 2.25. The molecule has 0 heterocycles. The maximum atomic E-state index is 12.1. The summed E-state index contributed by atoms with van der Waals surface area (Å²) < 4.78 is 1.07. The summed E-state index contributed by atoms with van der Waals surface area (Å²) in [5, 5.41) is 3.13. The van der Waals surface area contributed by atoms with E-state index in [4.69, 9.17) is 0 Å². The lowest BCUT2D eigenvalue weighted by Crippen LogP contribution is -2.33. The largest absolute Gasteiger partial charge is 0.349 e. The Balaban J connectivity index is 1.91. The zero-order chi connectivity index (χ0) is 13.0. The van der Waals surface area contributed by atoms with Crippen molar-refractivity contribution >= 4 is 21.8 Å². The Labute approximate surface area is 117 Å². The van der Waals surface area contributed by atoms with Gasteiger partial charge in [-0.1, -0.05) is 47.3 Å². The third kappa shape index (κ3) is 3.58. The van der Waals surface area contributed by atoms with Crippen molar-refractivity contribution in [2.75, 3.05) is 0 Å². The van der Waals surface area contributed by atoms with E-state index in [2.05, 4.69) is 33.4 Å². The van der Waals surface area contributed by atoms with Crippen LogP contribution in [0.2, 0.25) is 0 Å². The van der Waals surface area contributed by atoms with E-state index < -0.39 is 0 Å². The van der Waals surface area contributed by atoms with Crippen LogP contribution in [0.5, 0.6) is 0 Å². The van der Waals surface area contributed by atoms with Crippen molar-refractivity contribution in [2.45, 2.75) is 45.1 Å². The Morgan fingerprint density at radius 3 is 2.44 bits per heavy atom. The molecule has 2 nitrogen and oxygen atoms in total. The topological polar surface area (TPSA) is 29.1 Å². The van der Waals surface area contributed by atoms with Gasteiger partial charge in [0.25, 0.3) is 0 Å². The maximum absolute atomic E-state index is 12.1. The van der Waals surface area contributed by atoms with E-state index in [-0.39, 0.29) is 17.9 Å². The van der Waals surface area contributed by atoms with Gasteiger partial charge in [0.05, 0.1) is 6.04 Å². The lowest BCUT2D eigenvalue weighted by atomic mass is 9.88. The number of rotatable bonds is 3. The van der Waals surface area contributed by atoms with Gasteiger partial charge in [-0.3, -0.25) is 4.79 Å². The highest BCUT2D eigenvalue weighted by atomic mass is 79.9. The van der Waals surface area contributed by atoms with Crippen molar-refractivity contribution in [1.29, 1.82) is 0 Å². The normalized spacial score (nSPS) is 18.3.